The fourth-order valence-electron chi connectivity index (χ4n) is 5.83. The number of piperidine rings is 1. The molecule has 3 heterocycles. The van der Waals surface area contributed by atoms with Gasteiger partial charge in [0.05, 0.1) is 11.1 Å². The van der Waals surface area contributed by atoms with E-state index in [2.05, 4.69) is 37.8 Å². The van der Waals surface area contributed by atoms with E-state index in [9.17, 15) is 9.59 Å². The number of aromatic nitrogens is 3. The Bertz CT molecular complexity index is 1360. The quantitative estimate of drug-likeness (QED) is 0.504. The summed E-state index contributed by atoms with van der Waals surface area (Å²) in [6.07, 6.45) is 9.90. The van der Waals surface area contributed by atoms with Crippen LogP contribution in [0, 0.1) is 5.92 Å². The second kappa shape index (κ2) is 10.4. The van der Waals surface area contributed by atoms with Crippen molar-refractivity contribution in [2.45, 2.75) is 64.8 Å². The van der Waals surface area contributed by atoms with Crippen molar-refractivity contribution in [3.05, 3.63) is 42.2 Å². The minimum absolute atomic E-state index is 0.0171. The molecule has 1 saturated heterocycles. The van der Waals surface area contributed by atoms with Crippen LogP contribution in [-0.4, -0.2) is 43.8 Å². The number of carbonyl (C=O) groups excluding carboxylic acids is 2. The van der Waals surface area contributed by atoms with Gasteiger partial charge in [0, 0.05) is 43.2 Å². The van der Waals surface area contributed by atoms with Crippen LogP contribution in [0.25, 0.3) is 27.9 Å². The first kappa shape index (κ1) is 25.0. The molecule has 2 aromatic heterocycles. The molecule has 1 fully saturated rings. The number of nitrogens with zero attached hydrogens (tertiary/aromatic N) is 4. The molecular weight excluding hydrogens is 464 g/mol. The van der Waals surface area contributed by atoms with Gasteiger partial charge in [0.25, 0.3) is 0 Å². The number of anilines is 2. The molecule has 3 N–H and O–H groups in total. The Morgan fingerprint density at radius 1 is 1.14 bits per heavy atom. The lowest BCUT2D eigenvalue weighted by Gasteiger charge is -2.36. The molecule has 8 nitrogen and oxygen atoms in total. The van der Waals surface area contributed by atoms with E-state index < -0.39 is 0 Å². The van der Waals surface area contributed by atoms with Crippen molar-refractivity contribution in [2.24, 2.45) is 13.0 Å². The lowest BCUT2D eigenvalue weighted by molar-refractivity contribution is -0.139. The minimum atomic E-state index is -0.0171. The van der Waals surface area contributed by atoms with E-state index in [0.29, 0.717) is 24.2 Å². The summed E-state index contributed by atoms with van der Waals surface area (Å²) in [5.74, 6) is 0.761. The fourth-order valence-corrected chi connectivity index (χ4v) is 5.83. The number of fused-ring (bicyclic) bond motifs is 1. The molecule has 194 valence electrons. The van der Waals surface area contributed by atoms with Gasteiger partial charge in [-0.15, -0.1) is 0 Å². The molecule has 1 aliphatic heterocycles. The molecule has 0 spiro atoms. The van der Waals surface area contributed by atoms with Crippen LogP contribution in [0.3, 0.4) is 0 Å². The third-order valence-corrected chi connectivity index (χ3v) is 7.93. The largest absolute Gasteiger partial charge is 0.383 e. The second-order valence-corrected chi connectivity index (χ2v) is 10.3. The summed E-state index contributed by atoms with van der Waals surface area (Å²) < 4.78 is 2.07. The van der Waals surface area contributed by atoms with Gasteiger partial charge in [-0.05, 0) is 68.7 Å². The zero-order valence-corrected chi connectivity index (χ0v) is 22.0. The SMILES string of the molecule is CCC(=O)Nc1ccc(-c2c(C3=CC[C@H](C(=O)N4CCCC[C@H]4C)CC3)c3c(N)ncnc3n2C)cc1. The van der Waals surface area contributed by atoms with E-state index in [-0.39, 0.29) is 11.8 Å². The van der Waals surface area contributed by atoms with Crippen molar-refractivity contribution < 1.29 is 9.59 Å². The third kappa shape index (κ3) is 4.72. The molecule has 2 amide bonds. The second-order valence-electron chi connectivity index (χ2n) is 10.3. The molecule has 2 atom stereocenters. The molecule has 0 radical (unpaired) electrons. The molecule has 0 saturated carbocycles. The first-order chi connectivity index (χ1) is 17.9. The topological polar surface area (TPSA) is 106 Å². The zero-order valence-electron chi connectivity index (χ0n) is 22.0. The predicted octanol–water partition coefficient (Wildman–Crippen LogP) is 5.15. The summed E-state index contributed by atoms with van der Waals surface area (Å²) in [5.41, 5.74) is 12.2. The highest BCUT2D eigenvalue weighted by molar-refractivity contribution is 6.04. The number of hydrogen-bond acceptors (Lipinski definition) is 5. The van der Waals surface area contributed by atoms with Gasteiger partial charge in [-0.2, -0.15) is 0 Å². The summed E-state index contributed by atoms with van der Waals surface area (Å²) in [6, 6.07) is 8.20. The van der Waals surface area contributed by atoms with Gasteiger partial charge in [0.15, 0.2) is 0 Å². The van der Waals surface area contributed by atoms with Crippen molar-refractivity contribution in [1.29, 1.82) is 0 Å². The number of likely N-dealkylation sites (tertiary alicyclic amines) is 1. The Kier molecular flexibility index (Phi) is 7.00. The smallest absolute Gasteiger partial charge is 0.226 e. The van der Waals surface area contributed by atoms with E-state index in [1.165, 1.54) is 18.3 Å². The van der Waals surface area contributed by atoms with E-state index in [4.69, 9.17) is 5.73 Å². The lowest BCUT2D eigenvalue weighted by atomic mass is 9.83. The van der Waals surface area contributed by atoms with Crippen LogP contribution in [0.1, 0.15) is 64.4 Å². The van der Waals surface area contributed by atoms with Crippen molar-refractivity contribution in [3.8, 4) is 11.3 Å². The Labute approximate surface area is 218 Å². The van der Waals surface area contributed by atoms with E-state index in [1.54, 1.807) is 0 Å². The van der Waals surface area contributed by atoms with Crippen molar-refractivity contribution in [2.75, 3.05) is 17.6 Å². The molecule has 8 heteroatoms. The standard InChI is InChI=1S/C29H36N6O2/c1-4-23(36)33-22-14-12-20(13-15-22)26-24(25-27(30)31-17-32-28(25)34(26)3)19-8-10-21(11-9-19)29(37)35-16-6-5-7-18(35)2/h8,12-15,17-18,21H,4-7,9-11,16H2,1-3H3,(H,33,36)(H2,30,31,32)/t18-,21+/m1/s1. The fraction of sp³-hybridized carbons (Fsp3) is 0.448. The van der Waals surface area contributed by atoms with Crippen molar-refractivity contribution in [3.63, 3.8) is 0 Å². The third-order valence-electron chi connectivity index (χ3n) is 7.93. The van der Waals surface area contributed by atoms with E-state index in [0.717, 1.165) is 72.2 Å². The molecule has 1 aromatic carbocycles. The van der Waals surface area contributed by atoms with Crippen molar-refractivity contribution in [1.82, 2.24) is 19.4 Å². The normalized spacial score (nSPS) is 20.1. The minimum Gasteiger partial charge on any atom is -0.383 e. The molecule has 0 bridgehead atoms. The van der Waals surface area contributed by atoms with Crippen LogP contribution < -0.4 is 11.1 Å². The highest BCUT2D eigenvalue weighted by Gasteiger charge is 2.32. The van der Waals surface area contributed by atoms with Crippen LogP contribution in [0.4, 0.5) is 11.5 Å². The Hall–Kier alpha value is -3.68. The Morgan fingerprint density at radius 2 is 1.92 bits per heavy atom. The van der Waals surface area contributed by atoms with Crippen LogP contribution in [0.15, 0.2) is 36.7 Å². The van der Waals surface area contributed by atoms with Gasteiger partial charge in [-0.25, -0.2) is 9.97 Å². The summed E-state index contributed by atoms with van der Waals surface area (Å²) in [5, 5.41) is 3.76. The number of amides is 2. The number of carbonyl (C=O) groups is 2. The lowest BCUT2D eigenvalue weighted by Crippen LogP contribution is -2.45. The maximum Gasteiger partial charge on any atom is 0.226 e. The van der Waals surface area contributed by atoms with Gasteiger partial charge in [0.1, 0.15) is 17.8 Å². The maximum atomic E-state index is 13.3. The molecule has 3 aromatic rings. The molecule has 1 aliphatic carbocycles. The summed E-state index contributed by atoms with van der Waals surface area (Å²) >= 11 is 0. The number of allylic oxidation sites excluding steroid dienone is 2. The Morgan fingerprint density at radius 3 is 2.59 bits per heavy atom. The van der Waals surface area contributed by atoms with Crippen molar-refractivity contribution >= 4 is 39.9 Å². The average Bonchev–Trinajstić information content (AvgIpc) is 3.22. The van der Waals surface area contributed by atoms with Crippen LogP contribution >= 0.6 is 0 Å². The number of aryl methyl sites for hydroxylation is 1. The number of benzene rings is 1. The molecule has 2 aliphatic rings. The summed E-state index contributed by atoms with van der Waals surface area (Å²) in [7, 11) is 1.99. The van der Waals surface area contributed by atoms with E-state index in [1.807, 2.05) is 38.2 Å². The van der Waals surface area contributed by atoms with Gasteiger partial charge < -0.3 is 20.5 Å². The summed E-state index contributed by atoms with van der Waals surface area (Å²) in [4.78, 5) is 36.1. The van der Waals surface area contributed by atoms with Gasteiger partial charge in [0.2, 0.25) is 11.8 Å². The average molecular weight is 501 g/mol. The molecule has 0 unspecified atom stereocenters. The maximum absolute atomic E-state index is 13.3. The molecule has 37 heavy (non-hydrogen) atoms. The first-order valence-corrected chi connectivity index (χ1v) is 13.4. The van der Waals surface area contributed by atoms with Crippen LogP contribution in [0.5, 0.6) is 0 Å². The number of rotatable bonds is 5. The molecular formula is C29H36N6O2. The van der Waals surface area contributed by atoms with Gasteiger partial charge >= 0.3 is 0 Å². The van der Waals surface area contributed by atoms with Gasteiger partial charge in [-0.1, -0.05) is 25.1 Å². The van der Waals surface area contributed by atoms with Crippen LogP contribution in [0.2, 0.25) is 0 Å². The number of hydrogen-bond donors (Lipinski definition) is 2. The highest BCUT2D eigenvalue weighted by atomic mass is 16.2. The molecule has 5 rings (SSSR count). The highest BCUT2D eigenvalue weighted by Crippen LogP contribution is 2.43. The monoisotopic (exact) mass is 500 g/mol. The number of nitrogens with one attached hydrogen (secondary N) is 1. The number of nitrogens with two attached hydrogens (primary N) is 1. The van der Waals surface area contributed by atoms with E-state index >= 15 is 0 Å². The summed E-state index contributed by atoms with van der Waals surface area (Å²) in [6.45, 7) is 4.88. The van der Waals surface area contributed by atoms with Gasteiger partial charge in [-0.3, -0.25) is 9.59 Å². The van der Waals surface area contributed by atoms with Crippen LogP contribution in [-0.2, 0) is 16.6 Å². The Balaban J connectivity index is 1.51. The first-order valence-electron chi connectivity index (χ1n) is 13.4. The zero-order chi connectivity index (χ0) is 26.1. The predicted molar refractivity (Wildman–Crippen MR) is 148 cm³/mol. The number of nitrogen functional groups attached to an aromatic ring is 1.